The molecule has 0 fully saturated rings. The second kappa shape index (κ2) is 5.33. The van der Waals surface area contributed by atoms with E-state index in [-0.39, 0.29) is 17.5 Å². The Labute approximate surface area is 97.8 Å². The van der Waals surface area contributed by atoms with Gasteiger partial charge in [-0.15, -0.1) is 0 Å². The number of carbonyl (C=O) groups is 1. The molecule has 1 atom stereocenters. The summed E-state index contributed by atoms with van der Waals surface area (Å²) in [6, 6.07) is -0.835. The van der Waals surface area contributed by atoms with Gasteiger partial charge in [-0.1, -0.05) is 13.8 Å². The van der Waals surface area contributed by atoms with Crippen molar-refractivity contribution in [3.05, 3.63) is 16.7 Å². The van der Waals surface area contributed by atoms with Crippen LogP contribution in [0.1, 0.15) is 13.8 Å². The summed E-state index contributed by atoms with van der Waals surface area (Å²) in [7, 11) is 1.32. The third-order valence-corrected chi connectivity index (χ3v) is 2.24. The van der Waals surface area contributed by atoms with Crippen molar-refractivity contribution >= 4 is 11.8 Å². The molecule has 0 bridgehead atoms. The van der Waals surface area contributed by atoms with E-state index in [0.717, 1.165) is 0 Å². The number of nitrogens with one attached hydrogen (secondary N) is 2. The fourth-order valence-electron chi connectivity index (χ4n) is 1.34. The lowest BCUT2D eigenvalue weighted by Gasteiger charge is -2.19. The van der Waals surface area contributed by atoms with Crippen LogP contribution in [-0.4, -0.2) is 34.2 Å². The average molecular weight is 241 g/mol. The zero-order valence-corrected chi connectivity index (χ0v) is 9.85. The molecule has 3 N–H and O–H groups in total. The van der Waals surface area contributed by atoms with Gasteiger partial charge in [0, 0.05) is 0 Å². The molecule has 0 aromatic carbocycles. The second-order valence-corrected chi connectivity index (χ2v) is 3.82. The number of aromatic amines is 1. The van der Waals surface area contributed by atoms with E-state index in [2.05, 4.69) is 15.3 Å². The first kappa shape index (κ1) is 13.0. The molecule has 0 aliphatic rings. The zero-order valence-electron chi connectivity index (χ0n) is 9.85. The number of H-pyrrole nitrogens is 1. The van der Waals surface area contributed by atoms with Crippen LogP contribution in [0.25, 0.3) is 0 Å². The molecule has 1 unspecified atom stereocenters. The predicted molar refractivity (Wildman–Crippen MR) is 61.3 cm³/mol. The third-order valence-electron chi connectivity index (χ3n) is 2.24. The van der Waals surface area contributed by atoms with Crippen LogP contribution in [0.3, 0.4) is 0 Å². The average Bonchev–Trinajstić information content (AvgIpc) is 2.25. The lowest BCUT2D eigenvalue weighted by Crippen LogP contribution is -2.35. The molecular formula is C10H15N3O4. The number of rotatable bonds is 5. The molecule has 1 heterocycles. The van der Waals surface area contributed by atoms with E-state index in [9.17, 15) is 9.59 Å². The normalized spacial score (nSPS) is 12.2. The number of nitrogens with zero attached hydrogens (tertiary/aromatic N) is 1. The maximum atomic E-state index is 11.4. The van der Waals surface area contributed by atoms with Gasteiger partial charge in [0.15, 0.2) is 5.82 Å². The molecule has 1 aromatic rings. The van der Waals surface area contributed by atoms with Crippen LogP contribution in [0.15, 0.2) is 11.1 Å². The smallest absolute Gasteiger partial charge is 0.326 e. The van der Waals surface area contributed by atoms with Gasteiger partial charge in [-0.25, -0.2) is 9.78 Å². The molecule has 0 saturated carbocycles. The van der Waals surface area contributed by atoms with Gasteiger partial charge in [-0.3, -0.25) is 4.79 Å². The third kappa shape index (κ3) is 2.96. The van der Waals surface area contributed by atoms with Crippen molar-refractivity contribution in [2.45, 2.75) is 19.9 Å². The molecule has 0 radical (unpaired) electrons. The maximum Gasteiger partial charge on any atom is 0.326 e. The van der Waals surface area contributed by atoms with Gasteiger partial charge in [0.25, 0.3) is 5.56 Å². The van der Waals surface area contributed by atoms with Crippen LogP contribution in [0.5, 0.6) is 5.75 Å². The molecule has 94 valence electrons. The molecule has 0 spiro atoms. The van der Waals surface area contributed by atoms with Crippen LogP contribution in [0, 0.1) is 5.92 Å². The fraction of sp³-hybridized carbons (Fsp3) is 0.500. The largest absolute Gasteiger partial charge is 0.489 e. The Morgan fingerprint density at radius 3 is 2.71 bits per heavy atom. The van der Waals surface area contributed by atoms with Crippen molar-refractivity contribution in [3.8, 4) is 5.75 Å². The van der Waals surface area contributed by atoms with Crippen LogP contribution >= 0.6 is 0 Å². The summed E-state index contributed by atoms with van der Waals surface area (Å²) in [6.07, 6.45) is 1.19. The summed E-state index contributed by atoms with van der Waals surface area (Å²) < 4.78 is 4.87. The minimum Gasteiger partial charge on any atom is -0.489 e. The van der Waals surface area contributed by atoms with Gasteiger partial charge in [-0.2, -0.15) is 0 Å². The molecular weight excluding hydrogens is 226 g/mol. The van der Waals surface area contributed by atoms with Crippen LogP contribution in [-0.2, 0) is 4.79 Å². The van der Waals surface area contributed by atoms with Crippen LogP contribution in [0.4, 0.5) is 5.82 Å². The number of hydrogen-bond acceptors (Lipinski definition) is 5. The van der Waals surface area contributed by atoms with E-state index in [0.29, 0.717) is 0 Å². The topological polar surface area (TPSA) is 104 Å². The van der Waals surface area contributed by atoms with E-state index in [1.54, 1.807) is 13.8 Å². The van der Waals surface area contributed by atoms with E-state index in [1.807, 2.05) is 0 Å². The first-order chi connectivity index (χ1) is 7.97. The summed E-state index contributed by atoms with van der Waals surface area (Å²) in [5.41, 5.74) is -0.460. The first-order valence-corrected chi connectivity index (χ1v) is 5.08. The van der Waals surface area contributed by atoms with Crippen molar-refractivity contribution < 1.29 is 14.6 Å². The summed E-state index contributed by atoms with van der Waals surface area (Å²) in [4.78, 5) is 28.6. The molecule has 17 heavy (non-hydrogen) atoms. The maximum absolute atomic E-state index is 11.4. The van der Waals surface area contributed by atoms with E-state index in [1.165, 1.54) is 13.4 Å². The Hall–Kier alpha value is -2.05. The highest BCUT2D eigenvalue weighted by Gasteiger charge is 2.23. The second-order valence-electron chi connectivity index (χ2n) is 3.82. The molecule has 0 saturated heterocycles. The highest BCUT2D eigenvalue weighted by atomic mass is 16.5. The van der Waals surface area contributed by atoms with Crippen molar-refractivity contribution in [2.24, 2.45) is 5.92 Å². The van der Waals surface area contributed by atoms with Crippen molar-refractivity contribution in [3.63, 3.8) is 0 Å². The SMILES string of the molecule is COc1c(NC(C(=O)O)C(C)C)nc[nH]c1=O. The minimum absolute atomic E-state index is 0.0283. The number of aliphatic carboxylic acids is 1. The van der Waals surface area contributed by atoms with Crippen LogP contribution in [0.2, 0.25) is 0 Å². The summed E-state index contributed by atoms with van der Waals surface area (Å²) in [6.45, 7) is 3.51. The van der Waals surface area contributed by atoms with Crippen LogP contribution < -0.4 is 15.6 Å². The lowest BCUT2D eigenvalue weighted by atomic mass is 10.1. The molecule has 1 rings (SSSR count). The highest BCUT2D eigenvalue weighted by molar-refractivity contribution is 5.77. The molecule has 0 aliphatic carbocycles. The van der Waals surface area contributed by atoms with Gasteiger partial charge in [0.2, 0.25) is 5.75 Å². The van der Waals surface area contributed by atoms with Gasteiger partial charge in [-0.05, 0) is 5.92 Å². The van der Waals surface area contributed by atoms with Crippen molar-refractivity contribution in [1.29, 1.82) is 0 Å². The number of ether oxygens (including phenoxy) is 1. The van der Waals surface area contributed by atoms with E-state index in [4.69, 9.17) is 9.84 Å². The Balaban J connectivity index is 3.05. The Kier molecular flexibility index (Phi) is 4.08. The summed E-state index contributed by atoms with van der Waals surface area (Å²) in [5, 5.41) is 11.7. The minimum atomic E-state index is -1.01. The van der Waals surface area contributed by atoms with Crippen molar-refractivity contribution in [2.75, 3.05) is 12.4 Å². The zero-order chi connectivity index (χ0) is 13.0. The number of methoxy groups -OCH3 is 1. The van der Waals surface area contributed by atoms with Gasteiger partial charge in [0.05, 0.1) is 13.4 Å². The van der Waals surface area contributed by atoms with Gasteiger partial charge >= 0.3 is 5.97 Å². The van der Waals surface area contributed by atoms with E-state index >= 15 is 0 Å². The van der Waals surface area contributed by atoms with E-state index < -0.39 is 17.6 Å². The van der Waals surface area contributed by atoms with Gasteiger partial charge < -0.3 is 20.1 Å². The monoisotopic (exact) mass is 241 g/mol. The highest BCUT2D eigenvalue weighted by Crippen LogP contribution is 2.18. The molecule has 0 amide bonds. The Morgan fingerprint density at radius 1 is 1.59 bits per heavy atom. The quantitative estimate of drug-likeness (QED) is 0.684. The summed E-state index contributed by atoms with van der Waals surface area (Å²) >= 11 is 0. The summed E-state index contributed by atoms with van der Waals surface area (Å²) in [5.74, 6) is -1.07. The number of hydrogen-bond donors (Lipinski definition) is 3. The van der Waals surface area contributed by atoms with Crippen molar-refractivity contribution in [1.82, 2.24) is 9.97 Å². The van der Waals surface area contributed by atoms with Gasteiger partial charge in [0.1, 0.15) is 6.04 Å². The fourth-order valence-corrected chi connectivity index (χ4v) is 1.34. The first-order valence-electron chi connectivity index (χ1n) is 5.08. The Bertz CT molecular complexity index is 455. The lowest BCUT2D eigenvalue weighted by molar-refractivity contribution is -0.138. The number of carboxylic acid groups (broad SMARTS) is 1. The molecule has 1 aromatic heterocycles. The molecule has 7 nitrogen and oxygen atoms in total. The molecule has 0 aliphatic heterocycles. The molecule has 7 heteroatoms. The number of carboxylic acids is 1. The standard InChI is InChI=1S/C10H15N3O4/c1-5(2)6(10(15)16)13-8-7(17-3)9(14)12-4-11-8/h4-6H,1-3H3,(H,15,16)(H2,11,12,13,14). The Morgan fingerprint density at radius 2 is 2.24 bits per heavy atom. The number of anilines is 1. The predicted octanol–water partition coefficient (Wildman–Crippen LogP) is 0.300. The number of aromatic nitrogens is 2.